The smallest absolute Gasteiger partial charge is 0.143 e. The van der Waals surface area contributed by atoms with Gasteiger partial charge in [-0.3, -0.25) is 0 Å². The number of benzene rings is 2. The first-order chi connectivity index (χ1) is 10.2. The average Bonchev–Trinajstić information content (AvgIpc) is 2.88. The molecular formula is C16H12F2N2O. The minimum Gasteiger partial charge on any atom is -0.364 e. The minimum absolute atomic E-state index is 0.186. The van der Waals surface area contributed by atoms with Crippen LogP contribution in [0.1, 0.15) is 17.5 Å². The summed E-state index contributed by atoms with van der Waals surface area (Å²) in [5, 5.41) is 0. The van der Waals surface area contributed by atoms with E-state index in [9.17, 15) is 8.78 Å². The molecule has 0 saturated heterocycles. The van der Waals surface area contributed by atoms with E-state index in [0.29, 0.717) is 19.0 Å². The van der Waals surface area contributed by atoms with Gasteiger partial charge in [-0.15, -0.1) is 0 Å². The Morgan fingerprint density at radius 2 is 2.00 bits per heavy atom. The average molecular weight is 286 g/mol. The van der Waals surface area contributed by atoms with Gasteiger partial charge in [-0.1, -0.05) is 12.1 Å². The highest BCUT2D eigenvalue weighted by molar-refractivity contribution is 5.76. The SMILES string of the molecule is Fc1ccc(F)c(C2OCCn3c2nc2ccccc23)c1. The zero-order valence-electron chi connectivity index (χ0n) is 11.1. The van der Waals surface area contributed by atoms with E-state index >= 15 is 0 Å². The first-order valence-corrected chi connectivity index (χ1v) is 6.76. The topological polar surface area (TPSA) is 27.1 Å². The monoisotopic (exact) mass is 286 g/mol. The molecule has 1 aromatic heterocycles. The number of nitrogens with zero attached hydrogens (tertiary/aromatic N) is 2. The lowest BCUT2D eigenvalue weighted by Gasteiger charge is -2.25. The van der Waals surface area contributed by atoms with Gasteiger partial charge in [0, 0.05) is 12.1 Å². The van der Waals surface area contributed by atoms with Crippen LogP contribution < -0.4 is 0 Å². The van der Waals surface area contributed by atoms with Crippen LogP contribution in [0.5, 0.6) is 0 Å². The molecule has 0 saturated carbocycles. The summed E-state index contributed by atoms with van der Waals surface area (Å²) in [7, 11) is 0. The summed E-state index contributed by atoms with van der Waals surface area (Å²) in [4.78, 5) is 4.53. The highest BCUT2D eigenvalue weighted by Gasteiger charge is 2.28. The molecule has 1 atom stereocenters. The van der Waals surface area contributed by atoms with Gasteiger partial charge < -0.3 is 9.30 Å². The van der Waals surface area contributed by atoms with Crippen LogP contribution in [0.15, 0.2) is 42.5 Å². The number of para-hydroxylation sites is 2. The fourth-order valence-electron chi connectivity index (χ4n) is 2.81. The summed E-state index contributed by atoms with van der Waals surface area (Å²) >= 11 is 0. The van der Waals surface area contributed by atoms with Crippen molar-refractivity contribution in [3.63, 3.8) is 0 Å². The van der Waals surface area contributed by atoms with Crippen molar-refractivity contribution >= 4 is 11.0 Å². The Bertz CT molecular complexity index is 828. The second-order valence-electron chi connectivity index (χ2n) is 5.03. The van der Waals surface area contributed by atoms with E-state index in [0.717, 1.165) is 23.2 Å². The molecule has 0 radical (unpaired) electrons. The fraction of sp³-hybridized carbons (Fsp3) is 0.188. The Kier molecular flexibility index (Phi) is 2.75. The van der Waals surface area contributed by atoms with Gasteiger partial charge >= 0.3 is 0 Å². The normalized spacial score (nSPS) is 17.9. The second-order valence-corrected chi connectivity index (χ2v) is 5.03. The molecule has 0 aliphatic carbocycles. The molecule has 0 fully saturated rings. The standard InChI is InChI=1S/C16H12F2N2O/c17-10-5-6-12(18)11(9-10)15-16-19-13-3-1-2-4-14(13)20(16)7-8-21-15/h1-6,9,15H,7-8H2. The van der Waals surface area contributed by atoms with Crippen LogP contribution in [0.4, 0.5) is 8.78 Å². The molecule has 0 bridgehead atoms. The first-order valence-electron chi connectivity index (χ1n) is 6.76. The molecule has 21 heavy (non-hydrogen) atoms. The Morgan fingerprint density at radius 3 is 2.90 bits per heavy atom. The van der Waals surface area contributed by atoms with Gasteiger partial charge in [0.25, 0.3) is 0 Å². The zero-order valence-corrected chi connectivity index (χ0v) is 11.1. The number of rotatable bonds is 1. The maximum absolute atomic E-state index is 14.0. The largest absolute Gasteiger partial charge is 0.364 e. The quantitative estimate of drug-likeness (QED) is 0.685. The van der Waals surface area contributed by atoms with Gasteiger partial charge in [0.05, 0.1) is 17.6 Å². The molecule has 2 aromatic carbocycles. The van der Waals surface area contributed by atoms with Crippen molar-refractivity contribution in [2.24, 2.45) is 0 Å². The third-order valence-electron chi connectivity index (χ3n) is 3.76. The van der Waals surface area contributed by atoms with Crippen LogP contribution in [-0.2, 0) is 11.3 Å². The molecule has 1 aliphatic rings. The third-order valence-corrected chi connectivity index (χ3v) is 3.76. The van der Waals surface area contributed by atoms with Crippen LogP contribution in [0.3, 0.4) is 0 Å². The number of fused-ring (bicyclic) bond motifs is 3. The number of hydrogen-bond acceptors (Lipinski definition) is 2. The number of aromatic nitrogens is 2. The van der Waals surface area contributed by atoms with E-state index in [1.54, 1.807) is 0 Å². The van der Waals surface area contributed by atoms with Gasteiger partial charge in [0.1, 0.15) is 23.6 Å². The number of imidazole rings is 1. The summed E-state index contributed by atoms with van der Waals surface area (Å²) in [5.41, 5.74) is 2.00. The van der Waals surface area contributed by atoms with Crippen molar-refractivity contribution in [2.45, 2.75) is 12.6 Å². The summed E-state index contributed by atoms with van der Waals surface area (Å²) in [6, 6.07) is 11.1. The molecule has 0 spiro atoms. The Hall–Kier alpha value is -2.27. The second kappa shape index (κ2) is 4.63. The maximum Gasteiger partial charge on any atom is 0.143 e. The molecule has 1 aliphatic heterocycles. The van der Waals surface area contributed by atoms with Gasteiger partial charge in [-0.05, 0) is 30.3 Å². The molecule has 0 N–H and O–H groups in total. The summed E-state index contributed by atoms with van der Waals surface area (Å²) in [6.07, 6.45) is -0.679. The van der Waals surface area contributed by atoms with Gasteiger partial charge in [-0.2, -0.15) is 0 Å². The molecular weight excluding hydrogens is 274 g/mol. The van der Waals surface area contributed by atoms with E-state index in [1.165, 1.54) is 6.07 Å². The van der Waals surface area contributed by atoms with Gasteiger partial charge in [0.2, 0.25) is 0 Å². The number of ether oxygens (including phenoxy) is 1. The Balaban J connectivity index is 1.92. The van der Waals surface area contributed by atoms with Crippen LogP contribution in [0.25, 0.3) is 11.0 Å². The molecule has 2 heterocycles. The van der Waals surface area contributed by atoms with E-state index < -0.39 is 17.7 Å². The molecule has 4 rings (SSSR count). The predicted molar refractivity (Wildman–Crippen MR) is 73.9 cm³/mol. The number of halogens is 2. The molecule has 1 unspecified atom stereocenters. The van der Waals surface area contributed by atoms with Crippen molar-refractivity contribution < 1.29 is 13.5 Å². The van der Waals surface area contributed by atoms with Crippen molar-refractivity contribution in [2.75, 3.05) is 6.61 Å². The summed E-state index contributed by atoms with van der Waals surface area (Å²) in [5.74, 6) is -0.350. The lowest BCUT2D eigenvalue weighted by atomic mass is 10.1. The molecule has 5 heteroatoms. The van der Waals surface area contributed by atoms with Crippen molar-refractivity contribution in [3.8, 4) is 0 Å². The molecule has 3 aromatic rings. The zero-order chi connectivity index (χ0) is 14.4. The molecule has 106 valence electrons. The van der Waals surface area contributed by atoms with E-state index in [4.69, 9.17) is 4.74 Å². The maximum atomic E-state index is 14.0. The van der Waals surface area contributed by atoms with Crippen molar-refractivity contribution in [3.05, 3.63) is 65.5 Å². The van der Waals surface area contributed by atoms with Gasteiger partial charge in [-0.25, -0.2) is 13.8 Å². The predicted octanol–water partition coefficient (Wildman–Crippen LogP) is 3.43. The van der Waals surface area contributed by atoms with Crippen molar-refractivity contribution in [1.82, 2.24) is 9.55 Å². The summed E-state index contributed by atoms with van der Waals surface area (Å²) < 4.78 is 35.1. The third kappa shape index (κ3) is 1.93. The highest BCUT2D eigenvalue weighted by atomic mass is 19.1. The van der Waals surface area contributed by atoms with Crippen LogP contribution in [0.2, 0.25) is 0 Å². The van der Waals surface area contributed by atoms with Gasteiger partial charge in [0.15, 0.2) is 0 Å². The van der Waals surface area contributed by atoms with Crippen LogP contribution >= 0.6 is 0 Å². The lowest BCUT2D eigenvalue weighted by molar-refractivity contribution is 0.0419. The van der Waals surface area contributed by atoms with Crippen LogP contribution in [0, 0.1) is 11.6 Å². The van der Waals surface area contributed by atoms with Crippen molar-refractivity contribution in [1.29, 1.82) is 0 Å². The van der Waals surface area contributed by atoms with E-state index in [2.05, 4.69) is 4.98 Å². The fourth-order valence-corrected chi connectivity index (χ4v) is 2.81. The highest BCUT2D eigenvalue weighted by Crippen LogP contribution is 2.33. The van der Waals surface area contributed by atoms with E-state index in [1.807, 2.05) is 28.8 Å². The molecule has 3 nitrogen and oxygen atoms in total. The Labute approximate surface area is 119 Å². The van der Waals surface area contributed by atoms with E-state index in [-0.39, 0.29) is 5.56 Å². The summed E-state index contributed by atoms with van der Waals surface area (Å²) in [6.45, 7) is 1.09. The minimum atomic E-state index is -0.679. The van der Waals surface area contributed by atoms with Crippen LogP contribution in [-0.4, -0.2) is 16.2 Å². The lowest BCUT2D eigenvalue weighted by Crippen LogP contribution is -2.23. The first kappa shape index (κ1) is 12.5. The number of hydrogen-bond donors (Lipinski definition) is 0. The Morgan fingerprint density at radius 1 is 1.14 bits per heavy atom. The molecule has 0 amide bonds.